The average molecular weight is 422 g/mol. The van der Waals surface area contributed by atoms with Crippen LogP contribution in [0.3, 0.4) is 0 Å². The Kier molecular flexibility index (Phi) is 6.26. The number of benzene rings is 1. The second-order valence-corrected chi connectivity index (χ2v) is 9.43. The van der Waals surface area contributed by atoms with Crippen LogP contribution in [0.4, 0.5) is 0 Å². The first-order valence-corrected chi connectivity index (χ1v) is 11.3. The summed E-state index contributed by atoms with van der Waals surface area (Å²) in [6.45, 7) is 6.63. The van der Waals surface area contributed by atoms with Crippen LogP contribution in [0.1, 0.15) is 39.2 Å². The maximum absolute atomic E-state index is 12.3. The van der Waals surface area contributed by atoms with Crippen LogP contribution >= 0.6 is 0 Å². The van der Waals surface area contributed by atoms with Crippen LogP contribution in [0.2, 0.25) is 0 Å². The Bertz CT molecular complexity index is 918. The molecule has 3 rings (SSSR count). The number of hydrogen-bond acceptors (Lipinski definition) is 6. The smallest absolute Gasteiger partial charge is 0.309 e. The van der Waals surface area contributed by atoms with Gasteiger partial charge >= 0.3 is 5.97 Å². The van der Waals surface area contributed by atoms with Crippen LogP contribution in [0.5, 0.6) is 0 Å². The SMILES string of the molecule is CC(C)[C@H](C)NC(=O)COC(=O)C1CCN(C2=NS(=O)(=O)c3ccccc32)CC1. The lowest BCUT2D eigenvalue weighted by Crippen LogP contribution is -2.42. The Morgan fingerprint density at radius 1 is 1.21 bits per heavy atom. The summed E-state index contributed by atoms with van der Waals surface area (Å²) in [5, 5.41) is 2.80. The molecule has 0 unspecified atom stereocenters. The van der Waals surface area contributed by atoms with Gasteiger partial charge in [-0.25, -0.2) is 0 Å². The molecule has 158 valence electrons. The first kappa shape index (κ1) is 21.3. The van der Waals surface area contributed by atoms with Crippen molar-refractivity contribution in [3.05, 3.63) is 29.8 Å². The molecule has 1 atom stereocenters. The number of nitrogens with one attached hydrogen (secondary N) is 1. The van der Waals surface area contributed by atoms with Gasteiger partial charge in [-0.05, 0) is 37.8 Å². The summed E-state index contributed by atoms with van der Waals surface area (Å²) in [6.07, 6.45) is 1.04. The zero-order chi connectivity index (χ0) is 21.2. The lowest BCUT2D eigenvalue weighted by Gasteiger charge is -2.32. The normalized spacial score (nSPS) is 19.4. The number of likely N-dealkylation sites (tertiary alicyclic amines) is 1. The molecule has 1 amide bonds. The summed E-state index contributed by atoms with van der Waals surface area (Å²) < 4.78 is 33.5. The number of amidine groups is 1. The van der Waals surface area contributed by atoms with Crippen molar-refractivity contribution < 1.29 is 22.7 Å². The average Bonchev–Trinajstić information content (AvgIpc) is 2.97. The molecule has 1 aromatic rings. The van der Waals surface area contributed by atoms with Crippen molar-refractivity contribution in [1.29, 1.82) is 0 Å². The van der Waals surface area contributed by atoms with Crippen molar-refractivity contribution in [3.63, 3.8) is 0 Å². The number of carbonyl (C=O) groups excluding carboxylic acids is 2. The van der Waals surface area contributed by atoms with Crippen molar-refractivity contribution in [2.24, 2.45) is 16.2 Å². The molecular formula is C20H27N3O5S. The molecule has 2 aliphatic rings. The lowest BCUT2D eigenvalue weighted by molar-refractivity contribution is -0.154. The number of amides is 1. The molecule has 0 aliphatic carbocycles. The van der Waals surface area contributed by atoms with Crippen molar-refractivity contribution in [2.45, 2.75) is 44.6 Å². The molecule has 29 heavy (non-hydrogen) atoms. The number of piperidine rings is 1. The maximum atomic E-state index is 12.3. The van der Waals surface area contributed by atoms with Gasteiger partial charge in [-0.2, -0.15) is 8.42 Å². The molecule has 0 bridgehead atoms. The number of nitrogens with zero attached hydrogens (tertiary/aromatic N) is 2. The highest BCUT2D eigenvalue weighted by Gasteiger charge is 2.34. The van der Waals surface area contributed by atoms with Gasteiger partial charge < -0.3 is 15.0 Å². The summed E-state index contributed by atoms with van der Waals surface area (Å²) in [6, 6.07) is 6.77. The highest BCUT2D eigenvalue weighted by molar-refractivity contribution is 7.90. The summed E-state index contributed by atoms with van der Waals surface area (Å²) >= 11 is 0. The van der Waals surface area contributed by atoms with E-state index < -0.39 is 16.0 Å². The number of esters is 1. The van der Waals surface area contributed by atoms with Crippen molar-refractivity contribution in [1.82, 2.24) is 10.2 Å². The molecule has 0 spiro atoms. The number of sulfonamides is 1. The highest BCUT2D eigenvalue weighted by Crippen LogP contribution is 2.29. The summed E-state index contributed by atoms with van der Waals surface area (Å²) in [4.78, 5) is 26.3. The van der Waals surface area contributed by atoms with E-state index in [1.54, 1.807) is 24.3 Å². The van der Waals surface area contributed by atoms with E-state index >= 15 is 0 Å². The van der Waals surface area contributed by atoms with E-state index in [0.29, 0.717) is 43.2 Å². The molecular weight excluding hydrogens is 394 g/mol. The third-order valence-corrected chi connectivity index (χ3v) is 6.80. The van der Waals surface area contributed by atoms with Crippen LogP contribution in [-0.2, 0) is 24.3 Å². The quantitative estimate of drug-likeness (QED) is 0.724. The van der Waals surface area contributed by atoms with Gasteiger partial charge in [0.15, 0.2) is 12.4 Å². The molecule has 1 fully saturated rings. The maximum Gasteiger partial charge on any atom is 0.309 e. The second kappa shape index (κ2) is 8.52. The Morgan fingerprint density at radius 2 is 1.86 bits per heavy atom. The zero-order valence-corrected chi connectivity index (χ0v) is 17.7. The van der Waals surface area contributed by atoms with Gasteiger partial charge in [0.25, 0.3) is 15.9 Å². The standard InChI is InChI=1S/C20H27N3O5S/c1-13(2)14(3)21-18(24)12-28-20(25)15-8-10-23(11-9-15)19-16-6-4-5-7-17(16)29(26,27)22-19/h4-7,13-15H,8-12H2,1-3H3,(H,21,24)/t14-/m0/s1. The first-order valence-electron chi connectivity index (χ1n) is 9.84. The van der Waals surface area contributed by atoms with Crippen LogP contribution < -0.4 is 5.32 Å². The topological polar surface area (TPSA) is 105 Å². The van der Waals surface area contributed by atoms with Gasteiger partial charge in [-0.3, -0.25) is 9.59 Å². The molecule has 8 nitrogen and oxygen atoms in total. The first-order chi connectivity index (χ1) is 13.7. The Morgan fingerprint density at radius 3 is 2.52 bits per heavy atom. The van der Waals surface area contributed by atoms with E-state index in [0.717, 1.165) is 0 Å². The molecule has 9 heteroatoms. The van der Waals surface area contributed by atoms with Crippen LogP contribution in [-0.4, -0.2) is 56.8 Å². The molecule has 0 radical (unpaired) electrons. The number of ether oxygens (including phenoxy) is 1. The van der Waals surface area contributed by atoms with Crippen LogP contribution in [0.25, 0.3) is 0 Å². The van der Waals surface area contributed by atoms with Gasteiger partial charge in [-0.1, -0.05) is 26.0 Å². The molecule has 2 heterocycles. The van der Waals surface area contributed by atoms with E-state index in [-0.39, 0.29) is 29.4 Å². The van der Waals surface area contributed by atoms with Gasteiger partial charge in [0.2, 0.25) is 0 Å². The van der Waals surface area contributed by atoms with E-state index in [1.165, 1.54) is 0 Å². The number of hydrogen-bond donors (Lipinski definition) is 1. The van der Waals surface area contributed by atoms with Crippen molar-refractivity contribution in [3.8, 4) is 0 Å². The second-order valence-electron chi connectivity index (χ2n) is 7.86. The number of rotatable bonds is 5. The van der Waals surface area contributed by atoms with Gasteiger partial charge in [0.05, 0.1) is 5.92 Å². The minimum absolute atomic E-state index is 0.00998. The minimum atomic E-state index is -3.66. The molecule has 1 saturated heterocycles. The number of carbonyl (C=O) groups is 2. The molecule has 1 N–H and O–H groups in total. The monoisotopic (exact) mass is 421 g/mol. The number of fused-ring (bicyclic) bond motifs is 1. The Balaban J connectivity index is 1.52. The predicted molar refractivity (Wildman–Crippen MR) is 108 cm³/mol. The van der Waals surface area contributed by atoms with Gasteiger partial charge in [-0.15, -0.1) is 4.40 Å². The molecule has 2 aliphatic heterocycles. The molecule has 0 aromatic heterocycles. The lowest BCUT2D eigenvalue weighted by atomic mass is 9.96. The third-order valence-electron chi connectivity index (χ3n) is 5.47. The summed E-state index contributed by atoms with van der Waals surface area (Å²) in [5.74, 6) is -0.270. The summed E-state index contributed by atoms with van der Waals surface area (Å²) in [7, 11) is -3.66. The predicted octanol–water partition coefficient (Wildman–Crippen LogP) is 1.55. The highest BCUT2D eigenvalue weighted by atomic mass is 32.2. The molecule has 0 saturated carbocycles. The van der Waals surface area contributed by atoms with Crippen molar-refractivity contribution >= 4 is 27.7 Å². The Hall–Kier alpha value is -2.42. The van der Waals surface area contributed by atoms with E-state index in [4.69, 9.17) is 4.74 Å². The van der Waals surface area contributed by atoms with Gasteiger partial charge in [0, 0.05) is 24.7 Å². The largest absolute Gasteiger partial charge is 0.455 e. The fourth-order valence-electron chi connectivity index (χ4n) is 3.36. The van der Waals surface area contributed by atoms with Crippen molar-refractivity contribution in [2.75, 3.05) is 19.7 Å². The zero-order valence-electron chi connectivity index (χ0n) is 16.9. The Labute approximate surface area is 171 Å². The molecule has 1 aromatic carbocycles. The van der Waals surface area contributed by atoms with Gasteiger partial charge in [0.1, 0.15) is 4.90 Å². The fraction of sp³-hybridized carbons (Fsp3) is 0.550. The van der Waals surface area contributed by atoms with E-state index in [2.05, 4.69) is 9.71 Å². The van der Waals surface area contributed by atoms with E-state index in [1.807, 2.05) is 25.7 Å². The summed E-state index contributed by atoms with van der Waals surface area (Å²) in [5.41, 5.74) is 0.601. The fourth-order valence-corrected chi connectivity index (χ4v) is 4.59. The third kappa shape index (κ3) is 4.77. The van der Waals surface area contributed by atoms with E-state index in [9.17, 15) is 18.0 Å². The van der Waals surface area contributed by atoms with Crippen LogP contribution in [0, 0.1) is 11.8 Å². The minimum Gasteiger partial charge on any atom is -0.455 e. The van der Waals surface area contributed by atoms with Crippen LogP contribution in [0.15, 0.2) is 33.6 Å².